The van der Waals surface area contributed by atoms with Crippen molar-refractivity contribution in [1.29, 1.82) is 5.26 Å². The number of urea groups is 1. The van der Waals surface area contributed by atoms with E-state index >= 15 is 0 Å². The average Bonchev–Trinajstić information content (AvgIpc) is 2.60. The fourth-order valence-electron chi connectivity index (χ4n) is 1.98. The Balaban J connectivity index is 2.21. The Labute approximate surface area is 102 Å². The molecule has 0 saturated carbocycles. The number of amides is 2. The lowest BCUT2D eigenvalue weighted by Gasteiger charge is -2.24. The van der Waals surface area contributed by atoms with Gasteiger partial charge in [-0.3, -0.25) is 0 Å². The quantitative estimate of drug-likeness (QED) is 0.730. The average molecular weight is 255 g/mol. The molecule has 2 aliphatic rings. The van der Waals surface area contributed by atoms with Gasteiger partial charge in [0.25, 0.3) is 0 Å². The predicted octanol–water partition coefficient (Wildman–Crippen LogP) is 0.256. The number of halogens is 1. The molecule has 2 amide bonds. The van der Waals surface area contributed by atoms with E-state index in [1.807, 2.05) is 6.07 Å². The van der Waals surface area contributed by atoms with Gasteiger partial charge in [-0.15, -0.1) is 0 Å². The lowest BCUT2D eigenvalue weighted by Crippen LogP contribution is -2.39. The van der Waals surface area contributed by atoms with Crippen LogP contribution in [0.4, 0.5) is 9.18 Å². The molecular weight excluding hydrogens is 245 g/mol. The summed E-state index contributed by atoms with van der Waals surface area (Å²) >= 11 is 0. The van der Waals surface area contributed by atoms with E-state index in [-0.39, 0.29) is 6.54 Å². The molecule has 2 rings (SSSR count). The summed E-state index contributed by atoms with van der Waals surface area (Å²) in [6, 6.07) is -0.0667. The van der Waals surface area contributed by atoms with Crippen molar-refractivity contribution in [3.63, 3.8) is 0 Å². The monoisotopic (exact) mass is 255 g/mol. The summed E-state index contributed by atoms with van der Waals surface area (Å²) in [5, 5.41) is 18.0. The minimum Gasteiger partial charge on any atom is -0.477 e. The smallest absolute Gasteiger partial charge is 0.368 e. The molecule has 2 heterocycles. The van der Waals surface area contributed by atoms with E-state index in [1.165, 1.54) is 4.90 Å². The molecule has 0 aromatic carbocycles. The lowest BCUT2D eigenvalue weighted by atomic mass is 10.0. The Bertz CT molecular complexity index is 472. The molecule has 2 aliphatic heterocycles. The number of alkyl halides is 1. The number of carbonyl (C=O) groups is 2. The molecular formula is C10H10FN3O4. The minimum absolute atomic E-state index is 0.186. The fourth-order valence-corrected chi connectivity index (χ4v) is 1.98. The van der Waals surface area contributed by atoms with Crippen LogP contribution in [0, 0.1) is 11.3 Å². The number of hydroxylamine groups is 2. The van der Waals surface area contributed by atoms with Crippen molar-refractivity contribution in [2.75, 3.05) is 6.54 Å². The van der Waals surface area contributed by atoms with Crippen molar-refractivity contribution in [3.8, 4) is 6.07 Å². The molecule has 8 heteroatoms. The molecule has 2 bridgehead atoms. The first-order valence-corrected chi connectivity index (χ1v) is 5.17. The van der Waals surface area contributed by atoms with E-state index in [1.54, 1.807) is 13.0 Å². The zero-order valence-corrected chi connectivity index (χ0v) is 9.41. The standard InChI is InChI=1S/C10H10FN3O4/c1-5-2-6(3-12)13-4-7(5)14(10(13)17)18-8(11)9(15)16/h2,6-8H,4H2,1H3,(H,15,16)/t6-,7-,8-/m0/s1. The fraction of sp³-hybridized carbons (Fsp3) is 0.500. The van der Waals surface area contributed by atoms with Gasteiger partial charge in [0, 0.05) is 0 Å². The van der Waals surface area contributed by atoms with E-state index in [2.05, 4.69) is 4.84 Å². The van der Waals surface area contributed by atoms with E-state index in [9.17, 15) is 14.0 Å². The molecule has 1 fully saturated rings. The summed E-state index contributed by atoms with van der Waals surface area (Å²) in [5.74, 6) is -1.81. The highest BCUT2D eigenvalue weighted by atomic mass is 19.1. The third-order valence-electron chi connectivity index (χ3n) is 2.90. The highest BCUT2D eigenvalue weighted by molar-refractivity contribution is 5.79. The number of carboxylic acids is 1. The molecule has 0 unspecified atom stereocenters. The van der Waals surface area contributed by atoms with E-state index in [0.29, 0.717) is 10.6 Å². The molecule has 1 N–H and O–H groups in total. The number of carbonyl (C=O) groups excluding carboxylic acids is 1. The molecule has 7 nitrogen and oxygen atoms in total. The van der Waals surface area contributed by atoms with Gasteiger partial charge in [0.05, 0.1) is 12.6 Å². The zero-order valence-electron chi connectivity index (χ0n) is 9.41. The SMILES string of the molecule is CC1=C[C@@H](C#N)N2C[C@@H]1N(O[C@H](F)C(=O)O)C2=O. The van der Waals surface area contributed by atoms with Crippen molar-refractivity contribution in [3.05, 3.63) is 11.6 Å². The summed E-state index contributed by atoms with van der Waals surface area (Å²) < 4.78 is 13.0. The summed E-state index contributed by atoms with van der Waals surface area (Å²) in [5.41, 5.74) is 0.668. The first-order chi connectivity index (χ1) is 8.45. The number of nitriles is 1. The van der Waals surface area contributed by atoms with Crippen LogP contribution in [-0.4, -0.2) is 52.1 Å². The van der Waals surface area contributed by atoms with Crippen LogP contribution in [0.5, 0.6) is 0 Å². The van der Waals surface area contributed by atoms with Crippen LogP contribution in [0.2, 0.25) is 0 Å². The Morgan fingerprint density at radius 1 is 1.78 bits per heavy atom. The first kappa shape index (κ1) is 12.3. The Morgan fingerprint density at radius 2 is 2.44 bits per heavy atom. The molecule has 96 valence electrons. The van der Waals surface area contributed by atoms with Crippen LogP contribution in [-0.2, 0) is 9.63 Å². The van der Waals surface area contributed by atoms with Gasteiger partial charge in [-0.2, -0.15) is 10.3 Å². The third kappa shape index (κ3) is 1.78. The van der Waals surface area contributed by atoms with Crippen LogP contribution in [0.3, 0.4) is 0 Å². The van der Waals surface area contributed by atoms with Crippen molar-refractivity contribution < 1.29 is 23.9 Å². The molecule has 0 radical (unpaired) electrons. The number of carboxylic acid groups (broad SMARTS) is 1. The first-order valence-electron chi connectivity index (χ1n) is 5.17. The predicted molar refractivity (Wildman–Crippen MR) is 54.5 cm³/mol. The number of hydrogen-bond acceptors (Lipinski definition) is 4. The number of nitrogens with zero attached hydrogens (tertiary/aromatic N) is 3. The normalized spacial score (nSPS) is 27.8. The maximum atomic E-state index is 13.0. The van der Waals surface area contributed by atoms with Gasteiger partial charge >= 0.3 is 18.4 Å². The second kappa shape index (κ2) is 4.27. The summed E-state index contributed by atoms with van der Waals surface area (Å²) in [4.78, 5) is 27.9. The number of rotatable bonds is 3. The van der Waals surface area contributed by atoms with Gasteiger partial charge in [0.2, 0.25) is 0 Å². The van der Waals surface area contributed by atoms with Crippen LogP contribution in [0.15, 0.2) is 11.6 Å². The van der Waals surface area contributed by atoms with Gasteiger partial charge in [-0.05, 0) is 18.6 Å². The largest absolute Gasteiger partial charge is 0.477 e. The highest BCUT2D eigenvalue weighted by Gasteiger charge is 2.47. The maximum Gasteiger partial charge on any atom is 0.368 e. The van der Waals surface area contributed by atoms with Crippen molar-refractivity contribution in [2.24, 2.45) is 0 Å². The Kier molecular flexibility index (Phi) is 2.92. The summed E-state index contributed by atoms with van der Waals surface area (Å²) in [7, 11) is 0. The van der Waals surface area contributed by atoms with E-state index in [0.717, 1.165) is 0 Å². The number of aliphatic carboxylic acids is 1. The van der Waals surface area contributed by atoms with Gasteiger partial charge in [0.15, 0.2) is 0 Å². The molecule has 1 saturated heterocycles. The van der Waals surface area contributed by atoms with Crippen LogP contribution >= 0.6 is 0 Å². The minimum atomic E-state index is -2.61. The third-order valence-corrected chi connectivity index (χ3v) is 2.90. The summed E-state index contributed by atoms with van der Waals surface area (Å²) in [6.45, 7) is 1.86. The van der Waals surface area contributed by atoms with Crippen LogP contribution in [0.25, 0.3) is 0 Å². The molecule has 3 atom stereocenters. The van der Waals surface area contributed by atoms with Crippen molar-refractivity contribution in [1.82, 2.24) is 9.96 Å². The Hall–Kier alpha value is -2.14. The van der Waals surface area contributed by atoms with Crippen LogP contribution < -0.4 is 0 Å². The molecule has 0 aromatic heterocycles. The molecule has 0 spiro atoms. The number of fused-ring (bicyclic) bond motifs is 2. The zero-order chi connectivity index (χ0) is 13.4. The van der Waals surface area contributed by atoms with Gasteiger partial charge in [0.1, 0.15) is 12.1 Å². The second-order valence-electron chi connectivity index (χ2n) is 4.02. The Morgan fingerprint density at radius 3 is 3.00 bits per heavy atom. The van der Waals surface area contributed by atoms with Crippen molar-refractivity contribution in [2.45, 2.75) is 25.4 Å². The van der Waals surface area contributed by atoms with Crippen LogP contribution in [0.1, 0.15) is 6.92 Å². The maximum absolute atomic E-state index is 13.0. The second-order valence-corrected chi connectivity index (χ2v) is 4.02. The lowest BCUT2D eigenvalue weighted by molar-refractivity contribution is -0.220. The van der Waals surface area contributed by atoms with Gasteiger partial charge < -0.3 is 10.0 Å². The summed E-state index contributed by atoms with van der Waals surface area (Å²) in [6.07, 6.45) is -1.04. The van der Waals surface area contributed by atoms with E-state index < -0.39 is 30.4 Å². The highest BCUT2D eigenvalue weighted by Crippen LogP contribution is 2.30. The number of hydrogen-bond donors (Lipinski definition) is 1. The molecule has 0 aromatic rings. The van der Waals surface area contributed by atoms with Gasteiger partial charge in [-0.25, -0.2) is 18.8 Å². The van der Waals surface area contributed by atoms with E-state index in [4.69, 9.17) is 10.4 Å². The molecule has 0 aliphatic carbocycles. The topological polar surface area (TPSA) is 93.9 Å². The van der Waals surface area contributed by atoms with Crippen molar-refractivity contribution >= 4 is 12.0 Å². The molecule has 18 heavy (non-hydrogen) atoms. The van der Waals surface area contributed by atoms with Gasteiger partial charge in [-0.1, -0.05) is 0 Å².